The zero-order chi connectivity index (χ0) is 18.1. The summed E-state index contributed by atoms with van der Waals surface area (Å²) < 4.78 is 24.5. The van der Waals surface area contributed by atoms with Crippen LogP contribution in [0.15, 0.2) is 12.1 Å². The number of nitrogens with one attached hydrogen (secondary N) is 1. The zero-order valence-corrected chi connectivity index (χ0v) is 15.5. The Morgan fingerprint density at radius 3 is 2.62 bits per heavy atom. The molecule has 0 aromatic heterocycles. The predicted molar refractivity (Wildman–Crippen MR) is 92.2 cm³/mol. The van der Waals surface area contributed by atoms with Gasteiger partial charge in [-0.15, -0.1) is 0 Å². The molecule has 0 bridgehead atoms. The van der Waals surface area contributed by atoms with Gasteiger partial charge in [0.15, 0.2) is 0 Å². The molecule has 2 rings (SSSR count). The van der Waals surface area contributed by atoms with E-state index in [0.717, 1.165) is 5.56 Å². The van der Waals surface area contributed by atoms with Crippen molar-refractivity contribution in [1.82, 2.24) is 5.32 Å². The first-order valence-corrected chi connectivity index (χ1v) is 8.60. The monoisotopic (exact) mass is 357 g/mol. The summed E-state index contributed by atoms with van der Waals surface area (Å²) >= 11 is 5.93. The van der Waals surface area contributed by atoms with E-state index in [1.165, 1.54) is 6.07 Å². The maximum atomic E-state index is 13.7. The zero-order valence-electron chi connectivity index (χ0n) is 14.8. The van der Waals surface area contributed by atoms with Crippen molar-refractivity contribution in [2.75, 3.05) is 13.2 Å². The Bertz CT molecular complexity index is 615. The Morgan fingerprint density at radius 1 is 1.38 bits per heavy atom. The molecule has 0 radical (unpaired) electrons. The molecule has 0 heterocycles. The van der Waals surface area contributed by atoms with Gasteiger partial charge in [0.2, 0.25) is 0 Å². The van der Waals surface area contributed by atoms with E-state index in [1.807, 2.05) is 27.7 Å². The first kappa shape index (κ1) is 18.8. The van der Waals surface area contributed by atoms with Crippen LogP contribution >= 0.6 is 11.6 Å². The second-order valence-electron chi connectivity index (χ2n) is 7.17. The van der Waals surface area contributed by atoms with Gasteiger partial charge in [0.05, 0.1) is 11.6 Å². The number of alkyl carbamates (subject to hydrolysis) is 1. The van der Waals surface area contributed by atoms with E-state index in [0.29, 0.717) is 24.8 Å². The molecule has 1 aromatic rings. The summed E-state index contributed by atoms with van der Waals surface area (Å²) in [4.78, 5) is 11.8. The Morgan fingerprint density at radius 2 is 2.04 bits per heavy atom. The fraction of sp³-hybridized carbons (Fsp3) is 0.611. The van der Waals surface area contributed by atoms with E-state index in [-0.39, 0.29) is 16.9 Å². The maximum absolute atomic E-state index is 13.7. The first-order chi connectivity index (χ1) is 11.1. The van der Waals surface area contributed by atoms with Gasteiger partial charge in [-0.05, 0) is 57.1 Å². The van der Waals surface area contributed by atoms with Gasteiger partial charge >= 0.3 is 6.09 Å². The second-order valence-corrected chi connectivity index (χ2v) is 7.58. The first-order valence-electron chi connectivity index (χ1n) is 8.22. The highest BCUT2D eigenvalue weighted by Crippen LogP contribution is 2.56. The maximum Gasteiger partial charge on any atom is 0.407 e. The van der Waals surface area contributed by atoms with Crippen LogP contribution in [0.25, 0.3) is 0 Å². The van der Waals surface area contributed by atoms with Crippen LogP contribution in [0.1, 0.15) is 46.1 Å². The predicted octanol–water partition coefficient (Wildman–Crippen LogP) is 4.75. The molecule has 134 valence electrons. The number of hydrogen-bond donors (Lipinski definition) is 1. The largest absolute Gasteiger partial charge is 0.493 e. The van der Waals surface area contributed by atoms with Crippen molar-refractivity contribution in [3.63, 3.8) is 0 Å². The van der Waals surface area contributed by atoms with Crippen LogP contribution < -0.4 is 10.1 Å². The fourth-order valence-electron chi connectivity index (χ4n) is 2.97. The fourth-order valence-corrected chi connectivity index (χ4v) is 3.14. The van der Waals surface area contributed by atoms with E-state index in [1.54, 1.807) is 6.07 Å². The summed E-state index contributed by atoms with van der Waals surface area (Å²) in [5, 5.41) is 2.89. The van der Waals surface area contributed by atoms with Gasteiger partial charge in [0, 0.05) is 12.6 Å². The molecule has 1 saturated carbocycles. The minimum atomic E-state index is -0.523. The topological polar surface area (TPSA) is 47.6 Å². The molecule has 6 heteroatoms. The molecular formula is C18H25ClFNO3. The summed E-state index contributed by atoms with van der Waals surface area (Å²) in [6.07, 6.45) is -0.428. The van der Waals surface area contributed by atoms with Crippen LogP contribution in [-0.4, -0.2) is 24.8 Å². The van der Waals surface area contributed by atoms with Crippen molar-refractivity contribution in [2.45, 2.75) is 46.1 Å². The molecular weight excluding hydrogens is 333 g/mol. The third-order valence-corrected chi connectivity index (χ3v) is 4.44. The number of rotatable bonds is 5. The number of amides is 1. The van der Waals surface area contributed by atoms with Crippen molar-refractivity contribution in [1.29, 1.82) is 0 Å². The standard InChI is InChI=1S/C18H25ClFNO3/c1-6-23-15-8-14(20)13(19)7-11(15)16-10(2)12(16)9-21-17(22)24-18(3,4)5/h7-8,10,12,16H,6,9H2,1-5H3,(H,21,22). The SMILES string of the molecule is CCOc1cc(F)c(Cl)cc1C1C(C)C1CNC(=O)OC(C)(C)C. The van der Waals surface area contributed by atoms with Gasteiger partial charge in [-0.1, -0.05) is 18.5 Å². The second kappa shape index (κ2) is 7.18. The van der Waals surface area contributed by atoms with Gasteiger partial charge in [0.25, 0.3) is 0 Å². The molecule has 4 nitrogen and oxygen atoms in total. The lowest BCUT2D eigenvalue weighted by Gasteiger charge is -2.19. The van der Waals surface area contributed by atoms with Crippen molar-refractivity contribution < 1.29 is 18.7 Å². The smallest absolute Gasteiger partial charge is 0.407 e. The van der Waals surface area contributed by atoms with Crippen molar-refractivity contribution in [2.24, 2.45) is 11.8 Å². The third kappa shape index (κ3) is 4.53. The van der Waals surface area contributed by atoms with Crippen LogP contribution in [-0.2, 0) is 4.74 Å². The summed E-state index contributed by atoms with van der Waals surface area (Å²) in [5.74, 6) is 0.815. The van der Waals surface area contributed by atoms with Gasteiger partial charge in [-0.2, -0.15) is 0 Å². The van der Waals surface area contributed by atoms with E-state index in [2.05, 4.69) is 12.2 Å². The van der Waals surface area contributed by atoms with Crippen LogP contribution in [0, 0.1) is 17.7 Å². The summed E-state index contributed by atoms with van der Waals surface area (Å²) in [5.41, 5.74) is 0.373. The molecule has 3 atom stereocenters. The number of ether oxygens (including phenoxy) is 2. The van der Waals surface area contributed by atoms with Crippen LogP contribution in [0.2, 0.25) is 5.02 Å². The minimum absolute atomic E-state index is 0.0893. The van der Waals surface area contributed by atoms with E-state index < -0.39 is 17.5 Å². The number of benzene rings is 1. The van der Waals surface area contributed by atoms with Gasteiger partial charge < -0.3 is 14.8 Å². The Hall–Kier alpha value is -1.49. The molecule has 0 aliphatic heterocycles. The van der Waals surface area contributed by atoms with E-state index >= 15 is 0 Å². The van der Waals surface area contributed by atoms with Crippen LogP contribution in [0.4, 0.5) is 9.18 Å². The highest BCUT2D eigenvalue weighted by atomic mass is 35.5. The van der Waals surface area contributed by atoms with Gasteiger partial charge in [0.1, 0.15) is 17.2 Å². The molecule has 3 unspecified atom stereocenters. The van der Waals surface area contributed by atoms with E-state index in [4.69, 9.17) is 21.1 Å². The third-order valence-electron chi connectivity index (χ3n) is 4.15. The molecule has 1 N–H and O–H groups in total. The normalized spacial score (nSPS) is 22.9. The number of carbonyl (C=O) groups is 1. The van der Waals surface area contributed by atoms with Gasteiger partial charge in [-0.25, -0.2) is 9.18 Å². The number of hydrogen-bond acceptors (Lipinski definition) is 3. The van der Waals surface area contributed by atoms with Crippen LogP contribution in [0.5, 0.6) is 5.75 Å². The minimum Gasteiger partial charge on any atom is -0.493 e. The highest BCUT2D eigenvalue weighted by Gasteiger charge is 2.49. The number of halogens is 2. The Kier molecular flexibility index (Phi) is 5.63. The molecule has 0 spiro atoms. The van der Waals surface area contributed by atoms with Gasteiger partial charge in [-0.3, -0.25) is 0 Å². The van der Waals surface area contributed by atoms with Crippen molar-refractivity contribution in [3.05, 3.63) is 28.5 Å². The lowest BCUT2D eigenvalue weighted by molar-refractivity contribution is 0.0524. The van der Waals surface area contributed by atoms with Crippen molar-refractivity contribution >= 4 is 17.7 Å². The Balaban J connectivity index is 2.04. The molecule has 1 aliphatic carbocycles. The molecule has 1 fully saturated rings. The quantitative estimate of drug-likeness (QED) is 0.827. The lowest BCUT2D eigenvalue weighted by Crippen LogP contribution is -2.33. The molecule has 24 heavy (non-hydrogen) atoms. The number of carbonyl (C=O) groups excluding carboxylic acids is 1. The molecule has 0 saturated heterocycles. The van der Waals surface area contributed by atoms with Crippen LogP contribution in [0.3, 0.4) is 0 Å². The Labute approximate surface area is 147 Å². The summed E-state index contributed by atoms with van der Waals surface area (Å²) in [7, 11) is 0. The average Bonchev–Trinajstić information content (AvgIpc) is 3.09. The van der Waals surface area contributed by atoms with E-state index in [9.17, 15) is 9.18 Å². The average molecular weight is 358 g/mol. The lowest BCUT2D eigenvalue weighted by atomic mass is 10.1. The summed E-state index contributed by atoms with van der Waals surface area (Å²) in [6.45, 7) is 10.4. The molecule has 1 amide bonds. The highest BCUT2D eigenvalue weighted by molar-refractivity contribution is 6.30. The molecule has 1 aliphatic rings. The molecule has 1 aromatic carbocycles. The van der Waals surface area contributed by atoms with Crippen molar-refractivity contribution in [3.8, 4) is 5.75 Å². The summed E-state index contributed by atoms with van der Waals surface area (Å²) in [6, 6.07) is 2.97.